The average Bonchev–Trinajstić information content (AvgIpc) is 2.41. The molecule has 0 unspecified atom stereocenters. The van der Waals surface area contributed by atoms with Gasteiger partial charge in [0.2, 0.25) is 0 Å². The maximum atomic E-state index is 4.45. The Labute approximate surface area is 125 Å². The first-order valence-electron chi connectivity index (χ1n) is 8.22. The van der Waals surface area contributed by atoms with E-state index < -0.39 is 0 Å². The van der Waals surface area contributed by atoms with E-state index in [2.05, 4.69) is 48.7 Å². The zero-order valence-electron chi connectivity index (χ0n) is 13.7. The van der Waals surface area contributed by atoms with Crippen LogP contribution in [0.5, 0.6) is 0 Å². The molecule has 0 bridgehead atoms. The van der Waals surface area contributed by atoms with E-state index in [1.807, 2.05) is 0 Å². The highest BCUT2D eigenvalue weighted by Gasteiger charge is 2.04. The summed E-state index contributed by atoms with van der Waals surface area (Å²) >= 11 is 0. The number of aliphatic imine (C=N–C) groups is 1. The Kier molecular flexibility index (Phi) is 8.59. The van der Waals surface area contributed by atoms with E-state index in [9.17, 15) is 0 Å². The van der Waals surface area contributed by atoms with Crippen molar-refractivity contribution in [2.24, 2.45) is 10.4 Å². The molecule has 0 fully saturated rings. The van der Waals surface area contributed by atoms with Crippen LogP contribution in [-0.2, 0) is 0 Å². The first-order chi connectivity index (χ1) is 9.58. The van der Waals surface area contributed by atoms with Crippen LogP contribution in [0.2, 0.25) is 0 Å². The lowest BCUT2D eigenvalue weighted by atomic mass is 9.99. The molecule has 1 rings (SSSR count). The first kappa shape index (κ1) is 17.2. The fraction of sp³-hybridized carbons (Fsp3) is 0.824. The van der Waals surface area contributed by atoms with E-state index in [-0.39, 0.29) is 5.41 Å². The van der Waals surface area contributed by atoms with Crippen molar-refractivity contribution in [3.05, 3.63) is 11.8 Å². The minimum Gasteiger partial charge on any atom is -0.389 e. The van der Waals surface area contributed by atoms with E-state index in [1.165, 1.54) is 37.8 Å². The Hall–Kier alpha value is -0.830. The number of allylic oxidation sites excluding steroid dienone is 2. The third-order valence-electron chi connectivity index (χ3n) is 3.29. The fourth-order valence-corrected chi connectivity index (χ4v) is 2.22. The molecule has 0 saturated carbocycles. The van der Waals surface area contributed by atoms with Gasteiger partial charge in [0.15, 0.2) is 0 Å². The number of hydrogen-bond acceptors (Lipinski definition) is 3. The standard InChI is InChI=1S/C17H33N3/c1-17(2,3)15-19-13-7-11-18-12-8-14-20-16-9-5-4-6-10-16/h9,15,18,20H,4-8,10-14H2,1-3H3. The van der Waals surface area contributed by atoms with Crippen LogP contribution in [0, 0.1) is 5.41 Å². The van der Waals surface area contributed by atoms with Gasteiger partial charge in [0.25, 0.3) is 0 Å². The zero-order valence-corrected chi connectivity index (χ0v) is 13.7. The smallest absolute Gasteiger partial charge is 0.0397 e. The molecule has 0 aliphatic heterocycles. The highest BCUT2D eigenvalue weighted by molar-refractivity contribution is 5.63. The molecule has 0 aromatic carbocycles. The first-order valence-corrected chi connectivity index (χ1v) is 8.22. The van der Waals surface area contributed by atoms with Crippen molar-refractivity contribution in [3.8, 4) is 0 Å². The molecule has 0 radical (unpaired) electrons. The van der Waals surface area contributed by atoms with Crippen LogP contribution in [-0.4, -0.2) is 32.4 Å². The van der Waals surface area contributed by atoms with E-state index in [1.54, 1.807) is 0 Å². The minimum atomic E-state index is 0.215. The second-order valence-corrected chi connectivity index (χ2v) is 6.76. The van der Waals surface area contributed by atoms with Gasteiger partial charge >= 0.3 is 0 Å². The van der Waals surface area contributed by atoms with Crippen molar-refractivity contribution < 1.29 is 0 Å². The maximum Gasteiger partial charge on any atom is 0.0397 e. The van der Waals surface area contributed by atoms with Gasteiger partial charge in [0, 0.05) is 25.0 Å². The summed E-state index contributed by atoms with van der Waals surface area (Å²) in [6.45, 7) is 10.8. The quantitative estimate of drug-likeness (QED) is 0.500. The molecule has 116 valence electrons. The van der Waals surface area contributed by atoms with Crippen molar-refractivity contribution in [1.82, 2.24) is 10.6 Å². The summed E-state index contributed by atoms with van der Waals surface area (Å²) in [7, 11) is 0. The number of nitrogens with one attached hydrogen (secondary N) is 2. The van der Waals surface area contributed by atoms with E-state index in [0.717, 1.165) is 32.6 Å². The highest BCUT2D eigenvalue weighted by atomic mass is 14.9. The molecule has 2 N–H and O–H groups in total. The molecule has 0 heterocycles. The van der Waals surface area contributed by atoms with Gasteiger partial charge in [-0.3, -0.25) is 4.99 Å². The van der Waals surface area contributed by atoms with E-state index in [0.29, 0.717) is 0 Å². The number of rotatable bonds is 9. The average molecular weight is 279 g/mol. The van der Waals surface area contributed by atoms with Crippen LogP contribution in [0.4, 0.5) is 0 Å². The van der Waals surface area contributed by atoms with Crippen LogP contribution in [0.3, 0.4) is 0 Å². The molecular weight excluding hydrogens is 246 g/mol. The van der Waals surface area contributed by atoms with Gasteiger partial charge < -0.3 is 10.6 Å². The van der Waals surface area contributed by atoms with Gasteiger partial charge in [-0.1, -0.05) is 26.8 Å². The second-order valence-electron chi connectivity index (χ2n) is 6.76. The maximum absolute atomic E-state index is 4.45. The van der Waals surface area contributed by atoms with Crippen molar-refractivity contribution >= 4 is 6.21 Å². The molecule has 0 aromatic rings. The molecule has 3 nitrogen and oxygen atoms in total. The summed E-state index contributed by atoms with van der Waals surface area (Å²) in [5.74, 6) is 0. The van der Waals surface area contributed by atoms with Crippen molar-refractivity contribution in [1.29, 1.82) is 0 Å². The monoisotopic (exact) mass is 279 g/mol. The normalized spacial score (nSPS) is 16.4. The summed E-state index contributed by atoms with van der Waals surface area (Å²) in [6.07, 6.45) is 12.0. The Morgan fingerprint density at radius 2 is 1.95 bits per heavy atom. The lowest BCUT2D eigenvalue weighted by molar-refractivity contribution is 0.584. The van der Waals surface area contributed by atoms with Gasteiger partial charge in [0.05, 0.1) is 0 Å². The second kappa shape index (κ2) is 9.98. The topological polar surface area (TPSA) is 36.4 Å². The lowest BCUT2D eigenvalue weighted by Gasteiger charge is -2.14. The van der Waals surface area contributed by atoms with Crippen LogP contribution in [0.15, 0.2) is 16.8 Å². The van der Waals surface area contributed by atoms with Crippen molar-refractivity contribution in [2.75, 3.05) is 26.2 Å². The van der Waals surface area contributed by atoms with Crippen LogP contribution in [0.25, 0.3) is 0 Å². The minimum absolute atomic E-state index is 0.215. The molecule has 0 atom stereocenters. The summed E-state index contributed by atoms with van der Waals surface area (Å²) in [5, 5.41) is 7.03. The Bertz CT molecular complexity index is 300. The summed E-state index contributed by atoms with van der Waals surface area (Å²) < 4.78 is 0. The molecular formula is C17H33N3. The SMILES string of the molecule is CC(C)(C)C=NCCCNCCCNC1=CCCCC1. The molecule has 20 heavy (non-hydrogen) atoms. The Morgan fingerprint density at radius 1 is 1.15 bits per heavy atom. The third kappa shape index (κ3) is 10.0. The van der Waals surface area contributed by atoms with Gasteiger partial charge in [-0.05, 0) is 57.0 Å². The summed E-state index contributed by atoms with van der Waals surface area (Å²) in [4.78, 5) is 4.45. The molecule has 0 aromatic heterocycles. The molecule has 0 spiro atoms. The van der Waals surface area contributed by atoms with E-state index >= 15 is 0 Å². The largest absolute Gasteiger partial charge is 0.389 e. The molecule has 0 saturated heterocycles. The van der Waals surface area contributed by atoms with E-state index in [4.69, 9.17) is 0 Å². The molecule has 0 amide bonds. The predicted molar refractivity (Wildman–Crippen MR) is 89.5 cm³/mol. The van der Waals surface area contributed by atoms with Crippen LogP contribution >= 0.6 is 0 Å². The number of nitrogens with zero attached hydrogens (tertiary/aromatic N) is 1. The fourth-order valence-electron chi connectivity index (χ4n) is 2.22. The molecule has 1 aliphatic carbocycles. The number of hydrogen-bond donors (Lipinski definition) is 2. The zero-order chi connectivity index (χ0) is 14.7. The Balaban J connectivity index is 1.85. The molecule has 3 heteroatoms. The molecule has 1 aliphatic rings. The van der Waals surface area contributed by atoms with Gasteiger partial charge in [-0.25, -0.2) is 0 Å². The third-order valence-corrected chi connectivity index (χ3v) is 3.29. The Morgan fingerprint density at radius 3 is 2.65 bits per heavy atom. The van der Waals surface area contributed by atoms with Gasteiger partial charge in [-0.2, -0.15) is 0 Å². The lowest BCUT2D eigenvalue weighted by Crippen LogP contribution is -2.23. The summed E-state index contributed by atoms with van der Waals surface area (Å²) in [6, 6.07) is 0. The van der Waals surface area contributed by atoms with Gasteiger partial charge in [0.1, 0.15) is 0 Å². The van der Waals surface area contributed by atoms with Crippen LogP contribution in [0.1, 0.15) is 59.3 Å². The van der Waals surface area contributed by atoms with Crippen molar-refractivity contribution in [2.45, 2.75) is 59.3 Å². The van der Waals surface area contributed by atoms with Crippen molar-refractivity contribution in [3.63, 3.8) is 0 Å². The highest BCUT2D eigenvalue weighted by Crippen LogP contribution is 2.14. The predicted octanol–water partition coefficient (Wildman–Crippen LogP) is 3.52. The summed E-state index contributed by atoms with van der Waals surface area (Å²) in [5.41, 5.74) is 1.68. The van der Waals surface area contributed by atoms with Crippen LogP contribution < -0.4 is 10.6 Å². The van der Waals surface area contributed by atoms with Gasteiger partial charge in [-0.15, -0.1) is 0 Å².